The molecule has 1 fully saturated rings. The first-order valence-electron chi connectivity index (χ1n) is 11.2. The molecule has 0 spiro atoms. The number of anilines is 2. The Balaban J connectivity index is 1.54. The molecule has 1 saturated carbocycles. The van der Waals surface area contributed by atoms with Crippen LogP contribution >= 0.6 is 0 Å². The van der Waals surface area contributed by atoms with Crippen LogP contribution < -0.4 is 5.32 Å². The zero-order chi connectivity index (χ0) is 25.4. The number of carboxylic acids is 1. The Morgan fingerprint density at radius 3 is 2.54 bits per heavy atom. The minimum Gasteiger partial charge on any atom is -0.481 e. The number of nitrogens with zero attached hydrogens (tertiary/aromatic N) is 4. The summed E-state index contributed by atoms with van der Waals surface area (Å²) in [5, 5.41) is 27.7. The van der Waals surface area contributed by atoms with E-state index in [2.05, 4.69) is 20.4 Å². The third kappa shape index (κ3) is 5.45. The van der Waals surface area contributed by atoms with Gasteiger partial charge in [-0.25, -0.2) is 14.6 Å². The van der Waals surface area contributed by atoms with Gasteiger partial charge in [-0.15, -0.1) is 0 Å². The van der Waals surface area contributed by atoms with E-state index in [-0.39, 0.29) is 17.8 Å². The van der Waals surface area contributed by atoms with E-state index in [9.17, 15) is 28.2 Å². The number of aromatic nitrogens is 4. The topological polar surface area (TPSA) is 113 Å². The van der Waals surface area contributed by atoms with Gasteiger partial charge >= 0.3 is 12.1 Å². The highest BCUT2D eigenvalue weighted by molar-refractivity contribution is 5.70. The predicted molar refractivity (Wildman–Crippen MR) is 121 cm³/mol. The highest BCUT2D eigenvalue weighted by Gasteiger charge is 2.39. The van der Waals surface area contributed by atoms with Gasteiger partial charge in [-0.05, 0) is 75.3 Å². The summed E-state index contributed by atoms with van der Waals surface area (Å²) in [4.78, 5) is 18.6. The number of rotatable bonds is 6. The Labute approximate surface area is 199 Å². The molecule has 2 aromatic heterocycles. The second-order valence-electron chi connectivity index (χ2n) is 9.15. The van der Waals surface area contributed by atoms with Crippen molar-refractivity contribution in [1.82, 2.24) is 19.7 Å². The summed E-state index contributed by atoms with van der Waals surface area (Å²) in [6, 6.07) is 6.09. The summed E-state index contributed by atoms with van der Waals surface area (Å²) in [6.45, 7) is 3.55. The Morgan fingerprint density at radius 2 is 1.89 bits per heavy atom. The van der Waals surface area contributed by atoms with Crippen molar-refractivity contribution < 1.29 is 28.2 Å². The Morgan fingerprint density at radius 1 is 1.17 bits per heavy atom. The van der Waals surface area contributed by atoms with Crippen molar-refractivity contribution in [3.05, 3.63) is 59.7 Å². The van der Waals surface area contributed by atoms with Gasteiger partial charge in [0.1, 0.15) is 5.69 Å². The minimum absolute atomic E-state index is 0.0939. The molecule has 3 aromatic rings. The third-order valence-corrected chi connectivity index (χ3v) is 6.57. The number of carboxylic acid groups (broad SMARTS) is 1. The van der Waals surface area contributed by atoms with Crippen LogP contribution in [0.25, 0.3) is 5.69 Å². The maximum atomic E-state index is 13.0. The second-order valence-corrected chi connectivity index (χ2v) is 9.15. The summed E-state index contributed by atoms with van der Waals surface area (Å²) in [5.41, 5.74) is 0.324. The molecule has 35 heavy (non-hydrogen) atoms. The van der Waals surface area contributed by atoms with Crippen LogP contribution in [0.15, 0.2) is 42.9 Å². The van der Waals surface area contributed by atoms with E-state index in [0.29, 0.717) is 42.6 Å². The third-order valence-electron chi connectivity index (χ3n) is 6.57. The van der Waals surface area contributed by atoms with Crippen LogP contribution in [0.3, 0.4) is 0 Å². The quantitative estimate of drug-likeness (QED) is 0.454. The van der Waals surface area contributed by atoms with Crippen molar-refractivity contribution >= 4 is 17.6 Å². The monoisotopic (exact) mass is 489 g/mol. The van der Waals surface area contributed by atoms with Crippen molar-refractivity contribution in [3.8, 4) is 5.69 Å². The number of nitrogens with one attached hydrogen (secondary N) is 1. The fraction of sp³-hybridized carbons (Fsp3) is 0.417. The molecule has 1 aliphatic carbocycles. The average molecular weight is 489 g/mol. The van der Waals surface area contributed by atoms with Crippen LogP contribution in [0.2, 0.25) is 0 Å². The number of carbonyl (C=O) groups is 1. The van der Waals surface area contributed by atoms with Gasteiger partial charge in [0.15, 0.2) is 0 Å². The molecule has 3 N–H and O–H groups in total. The fourth-order valence-corrected chi connectivity index (χ4v) is 4.54. The second kappa shape index (κ2) is 9.29. The molecule has 1 aromatic carbocycles. The van der Waals surface area contributed by atoms with Gasteiger partial charge in [-0.3, -0.25) is 4.79 Å². The summed E-state index contributed by atoms with van der Waals surface area (Å²) < 4.78 is 40.5. The van der Waals surface area contributed by atoms with E-state index < -0.39 is 23.4 Å². The number of aryl methyl sites for hydroxylation is 1. The number of hydrogen-bond acceptors (Lipinski definition) is 6. The van der Waals surface area contributed by atoms with Crippen LogP contribution in [0.5, 0.6) is 0 Å². The number of aliphatic hydroxyl groups is 1. The highest BCUT2D eigenvalue weighted by Crippen LogP contribution is 2.41. The Bertz CT molecular complexity index is 1220. The lowest BCUT2D eigenvalue weighted by molar-refractivity contribution is -0.144. The predicted octanol–water partition coefficient (Wildman–Crippen LogP) is 4.83. The Kier molecular flexibility index (Phi) is 6.54. The van der Waals surface area contributed by atoms with Crippen LogP contribution in [0.4, 0.5) is 24.8 Å². The molecule has 0 amide bonds. The fourth-order valence-electron chi connectivity index (χ4n) is 4.54. The molecular weight excluding hydrogens is 463 g/mol. The van der Waals surface area contributed by atoms with Crippen LogP contribution in [0, 0.1) is 18.8 Å². The van der Waals surface area contributed by atoms with E-state index in [0.717, 1.165) is 17.8 Å². The Hall–Kier alpha value is -3.47. The molecule has 0 saturated heterocycles. The maximum Gasteiger partial charge on any atom is 0.433 e. The van der Waals surface area contributed by atoms with Crippen molar-refractivity contribution in [2.45, 2.75) is 51.3 Å². The van der Waals surface area contributed by atoms with E-state index >= 15 is 0 Å². The molecule has 1 atom stereocenters. The van der Waals surface area contributed by atoms with Gasteiger partial charge < -0.3 is 15.5 Å². The van der Waals surface area contributed by atoms with E-state index in [1.807, 2.05) is 13.0 Å². The summed E-state index contributed by atoms with van der Waals surface area (Å²) in [7, 11) is 0. The zero-order valence-electron chi connectivity index (χ0n) is 19.3. The largest absolute Gasteiger partial charge is 0.481 e. The zero-order valence-corrected chi connectivity index (χ0v) is 19.3. The molecule has 186 valence electrons. The van der Waals surface area contributed by atoms with Gasteiger partial charge in [0.05, 0.1) is 23.4 Å². The first-order valence-corrected chi connectivity index (χ1v) is 11.2. The number of benzene rings is 1. The van der Waals surface area contributed by atoms with Gasteiger partial charge in [0, 0.05) is 23.6 Å². The molecule has 0 bridgehead atoms. The molecule has 1 aliphatic rings. The lowest BCUT2D eigenvalue weighted by Gasteiger charge is -2.36. The molecule has 0 aliphatic heterocycles. The van der Waals surface area contributed by atoms with Crippen molar-refractivity contribution in [2.24, 2.45) is 11.8 Å². The molecular formula is C24H26F3N5O3. The van der Waals surface area contributed by atoms with Gasteiger partial charge in [-0.1, -0.05) is 0 Å². The van der Waals surface area contributed by atoms with E-state index in [4.69, 9.17) is 0 Å². The van der Waals surface area contributed by atoms with Crippen molar-refractivity contribution in [2.75, 3.05) is 5.32 Å². The van der Waals surface area contributed by atoms with Crippen molar-refractivity contribution in [3.63, 3.8) is 0 Å². The standard InChI is InChI=1S/C24H26F3N5O3/c1-14-9-18(30-22-28-8-7-20(31-22)24(25,26)27)11-19(10-14)32-13-17(12-29-32)23(2,35)16-5-3-15(4-6-16)21(33)34/h7-13,15-16,35H,3-6H2,1-2H3,(H,33,34)(H,28,30,31)/t15-,16-,23-/m0/s1. The smallest absolute Gasteiger partial charge is 0.433 e. The number of aliphatic carboxylic acids is 1. The molecule has 0 radical (unpaired) electrons. The summed E-state index contributed by atoms with van der Waals surface area (Å²) in [6.07, 6.45) is 2.00. The number of alkyl halides is 3. The SMILES string of the molecule is Cc1cc(Nc2nccc(C(F)(F)F)n2)cc(-n2cc([C@@](C)(O)[C@H]3CC[C@H](C(=O)O)CC3)cn2)c1. The van der Waals surface area contributed by atoms with Crippen LogP contribution in [0.1, 0.15) is 49.4 Å². The first kappa shape index (κ1) is 24.6. The van der Waals surface area contributed by atoms with Gasteiger partial charge in [0.2, 0.25) is 5.95 Å². The molecule has 8 nitrogen and oxygen atoms in total. The number of hydrogen-bond donors (Lipinski definition) is 3. The first-order chi connectivity index (χ1) is 16.4. The molecule has 0 unspecified atom stereocenters. The number of halogens is 3. The average Bonchev–Trinajstić information content (AvgIpc) is 3.30. The van der Waals surface area contributed by atoms with Crippen LogP contribution in [-0.2, 0) is 16.6 Å². The van der Waals surface area contributed by atoms with Crippen LogP contribution in [-0.4, -0.2) is 35.9 Å². The van der Waals surface area contributed by atoms with Gasteiger partial charge in [0.25, 0.3) is 0 Å². The van der Waals surface area contributed by atoms with E-state index in [1.165, 1.54) is 0 Å². The van der Waals surface area contributed by atoms with E-state index in [1.54, 1.807) is 36.1 Å². The van der Waals surface area contributed by atoms with Crippen molar-refractivity contribution in [1.29, 1.82) is 0 Å². The summed E-state index contributed by atoms with van der Waals surface area (Å²) in [5.74, 6) is -1.44. The molecule has 2 heterocycles. The lowest BCUT2D eigenvalue weighted by atomic mass is 9.72. The maximum absolute atomic E-state index is 13.0. The summed E-state index contributed by atoms with van der Waals surface area (Å²) >= 11 is 0. The highest BCUT2D eigenvalue weighted by atomic mass is 19.4. The normalized spacial score (nSPS) is 20.3. The van der Waals surface area contributed by atoms with Gasteiger partial charge in [-0.2, -0.15) is 18.3 Å². The lowest BCUT2D eigenvalue weighted by Crippen LogP contribution is -2.35. The molecule has 11 heteroatoms. The minimum atomic E-state index is -4.58. The molecule has 4 rings (SSSR count).